The lowest BCUT2D eigenvalue weighted by molar-refractivity contribution is -0.186. The van der Waals surface area contributed by atoms with Gasteiger partial charge in [0.2, 0.25) is 0 Å². The second kappa shape index (κ2) is 5.66. The maximum Gasteiger partial charge on any atom is 0.168 e. The number of carbonyl (C=O) groups is 1. The highest BCUT2D eigenvalue weighted by atomic mass is 16.7. The fraction of sp³-hybridized carbons (Fsp3) is 0.944. The summed E-state index contributed by atoms with van der Waals surface area (Å²) in [7, 11) is 0. The number of carbonyl (C=O) groups excluding carboxylic acids is 1. The molecule has 0 radical (unpaired) electrons. The Balaban J connectivity index is 1.33. The Morgan fingerprint density at radius 3 is 2.24 bits per heavy atom. The summed E-state index contributed by atoms with van der Waals surface area (Å²) in [5, 5.41) is 0. The highest BCUT2D eigenvalue weighted by Crippen LogP contribution is 2.48. The summed E-state index contributed by atoms with van der Waals surface area (Å²) >= 11 is 0. The van der Waals surface area contributed by atoms with Gasteiger partial charge in [-0.25, -0.2) is 0 Å². The normalized spacial score (nSPS) is 40.4. The summed E-state index contributed by atoms with van der Waals surface area (Å²) in [5.41, 5.74) is 0. The third-order valence-electron chi connectivity index (χ3n) is 6.74. The quantitative estimate of drug-likeness (QED) is 0.739. The van der Waals surface area contributed by atoms with E-state index < -0.39 is 0 Å². The minimum atomic E-state index is -0.203. The van der Waals surface area contributed by atoms with Crippen molar-refractivity contribution in [3.8, 4) is 0 Å². The molecule has 4 fully saturated rings. The third-order valence-corrected chi connectivity index (χ3v) is 6.74. The third kappa shape index (κ3) is 2.79. The summed E-state index contributed by atoms with van der Waals surface area (Å²) in [5.74, 6) is 3.66. The zero-order valence-electron chi connectivity index (χ0n) is 13.0. The highest BCUT2D eigenvalue weighted by Gasteiger charge is 2.44. The number of rotatable bonds is 1. The minimum absolute atomic E-state index is 0.203. The van der Waals surface area contributed by atoms with Crippen molar-refractivity contribution in [3.05, 3.63) is 0 Å². The lowest BCUT2D eigenvalue weighted by Gasteiger charge is -2.44. The Bertz CT molecular complexity index is 389. The number of fused-ring (bicyclic) bond motifs is 1. The van der Waals surface area contributed by atoms with Gasteiger partial charge in [0.15, 0.2) is 5.79 Å². The van der Waals surface area contributed by atoms with Crippen LogP contribution < -0.4 is 0 Å². The Hall–Kier alpha value is -0.410. The van der Waals surface area contributed by atoms with Gasteiger partial charge >= 0.3 is 0 Å². The maximum atomic E-state index is 11.6. The first kappa shape index (κ1) is 14.2. The van der Waals surface area contributed by atoms with Crippen LogP contribution in [-0.4, -0.2) is 24.8 Å². The average Bonchev–Trinajstić information content (AvgIpc) is 2.96. The van der Waals surface area contributed by atoms with E-state index in [2.05, 4.69) is 0 Å². The standard InChI is InChI=1S/C18H28O3/c19-17-4-3-15-11-14(1-2-16(15)12-17)13-5-7-18(8-6-13)20-9-10-21-18/h13-16H,1-12H2. The molecule has 0 aromatic heterocycles. The Morgan fingerprint density at radius 2 is 1.48 bits per heavy atom. The van der Waals surface area contributed by atoms with Crippen molar-refractivity contribution in [1.29, 1.82) is 0 Å². The van der Waals surface area contributed by atoms with Gasteiger partial charge in [0.25, 0.3) is 0 Å². The van der Waals surface area contributed by atoms with E-state index in [4.69, 9.17) is 9.47 Å². The number of Topliss-reactive ketones (excluding diaryl/α,β-unsaturated/α-hetero) is 1. The zero-order valence-corrected chi connectivity index (χ0v) is 13.0. The van der Waals surface area contributed by atoms with Gasteiger partial charge in [-0.3, -0.25) is 4.79 Å². The predicted molar refractivity (Wildman–Crippen MR) is 79.8 cm³/mol. The average molecular weight is 292 g/mol. The minimum Gasteiger partial charge on any atom is -0.348 e. The van der Waals surface area contributed by atoms with E-state index in [1.165, 1.54) is 38.5 Å². The van der Waals surface area contributed by atoms with Crippen molar-refractivity contribution in [1.82, 2.24) is 0 Å². The van der Waals surface area contributed by atoms with Crippen molar-refractivity contribution < 1.29 is 14.3 Å². The lowest BCUT2D eigenvalue weighted by Crippen LogP contribution is -2.39. The molecule has 0 bridgehead atoms. The van der Waals surface area contributed by atoms with Crippen LogP contribution in [0.25, 0.3) is 0 Å². The molecule has 118 valence electrons. The van der Waals surface area contributed by atoms with E-state index in [0.29, 0.717) is 5.78 Å². The summed E-state index contributed by atoms with van der Waals surface area (Å²) in [4.78, 5) is 11.6. The monoisotopic (exact) mass is 292 g/mol. The molecule has 3 saturated carbocycles. The number of hydrogen-bond acceptors (Lipinski definition) is 3. The van der Waals surface area contributed by atoms with Gasteiger partial charge in [-0.05, 0) is 62.2 Å². The SMILES string of the molecule is O=C1CCC2CC(C3CCC4(CC3)OCCO4)CCC2C1. The number of ether oxygens (including phenoxy) is 2. The van der Waals surface area contributed by atoms with Gasteiger partial charge in [-0.15, -0.1) is 0 Å². The molecule has 1 heterocycles. The van der Waals surface area contributed by atoms with E-state index >= 15 is 0 Å². The van der Waals surface area contributed by atoms with Gasteiger partial charge in [-0.2, -0.15) is 0 Å². The molecule has 3 heteroatoms. The Labute approximate surface area is 127 Å². The first-order valence-electron chi connectivity index (χ1n) is 9.04. The molecule has 3 aliphatic carbocycles. The molecule has 4 rings (SSSR count). The van der Waals surface area contributed by atoms with E-state index in [1.807, 2.05) is 0 Å². The first-order valence-corrected chi connectivity index (χ1v) is 9.04. The van der Waals surface area contributed by atoms with Gasteiger partial charge < -0.3 is 9.47 Å². The second-order valence-corrected chi connectivity index (χ2v) is 7.82. The van der Waals surface area contributed by atoms with E-state index in [-0.39, 0.29) is 5.79 Å². The molecule has 0 aromatic rings. The van der Waals surface area contributed by atoms with Crippen LogP contribution >= 0.6 is 0 Å². The molecule has 1 saturated heterocycles. The molecule has 3 nitrogen and oxygen atoms in total. The van der Waals surface area contributed by atoms with Gasteiger partial charge in [-0.1, -0.05) is 0 Å². The molecule has 21 heavy (non-hydrogen) atoms. The molecule has 4 aliphatic rings. The van der Waals surface area contributed by atoms with Gasteiger partial charge in [0, 0.05) is 25.7 Å². The van der Waals surface area contributed by atoms with Crippen molar-refractivity contribution in [2.24, 2.45) is 23.7 Å². The molecular formula is C18H28O3. The van der Waals surface area contributed by atoms with Gasteiger partial charge in [0.1, 0.15) is 5.78 Å². The highest BCUT2D eigenvalue weighted by molar-refractivity contribution is 5.79. The lowest BCUT2D eigenvalue weighted by atomic mass is 9.62. The molecule has 0 aromatic carbocycles. The van der Waals surface area contributed by atoms with E-state index in [1.54, 1.807) is 0 Å². The van der Waals surface area contributed by atoms with Crippen LogP contribution in [0.5, 0.6) is 0 Å². The fourth-order valence-electron chi connectivity index (χ4n) is 5.49. The fourth-order valence-corrected chi connectivity index (χ4v) is 5.49. The molecule has 1 spiro atoms. The van der Waals surface area contributed by atoms with Crippen LogP contribution in [0.3, 0.4) is 0 Å². The molecule has 3 atom stereocenters. The molecule has 0 amide bonds. The van der Waals surface area contributed by atoms with Crippen LogP contribution in [0.4, 0.5) is 0 Å². The topological polar surface area (TPSA) is 35.5 Å². The summed E-state index contributed by atoms with van der Waals surface area (Å²) in [6, 6.07) is 0. The summed E-state index contributed by atoms with van der Waals surface area (Å²) in [6.45, 7) is 1.57. The Morgan fingerprint density at radius 1 is 0.810 bits per heavy atom. The molecule has 3 unspecified atom stereocenters. The van der Waals surface area contributed by atoms with Gasteiger partial charge in [0.05, 0.1) is 13.2 Å². The van der Waals surface area contributed by atoms with Crippen LogP contribution in [0.1, 0.15) is 64.2 Å². The second-order valence-electron chi connectivity index (χ2n) is 7.82. The van der Waals surface area contributed by atoms with Crippen LogP contribution in [0, 0.1) is 23.7 Å². The number of ketones is 1. The largest absolute Gasteiger partial charge is 0.348 e. The molecular weight excluding hydrogens is 264 g/mol. The summed E-state index contributed by atoms with van der Waals surface area (Å²) < 4.78 is 11.7. The smallest absolute Gasteiger partial charge is 0.168 e. The summed E-state index contributed by atoms with van der Waals surface area (Å²) in [6.07, 6.45) is 11.7. The number of hydrogen-bond donors (Lipinski definition) is 0. The van der Waals surface area contributed by atoms with Crippen molar-refractivity contribution >= 4 is 5.78 Å². The van der Waals surface area contributed by atoms with Crippen molar-refractivity contribution in [3.63, 3.8) is 0 Å². The van der Waals surface area contributed by atoms with Crippen LogP contribution in [0.15, 0.2) is 0 Å². The van der Waals surface area contributed by atoms with E-state index in [0.717, 1.165) is 62.6 Å². The van der Waals surface area contributed by atoms with Crippen molar-refractivity contribution in [2.75, 3.05) is 13.2 Å². The predicted octanol–water partition coefficient (Wildman–Crippen LogP) is 3.71. The first-order chi connectivity index (χ1) is 10.2. The van der Waals surface area contributed by atoms with E-state index in [9.17, 15) is 4.79 Å². The maximum absolute atomic E-state index is 11.6. The zero-order chi connectivity index (χ0) is 14.3. The Kier molecular flexibility index (Phi) is 3.83. The molecule has 1 aliphatic heterocycles. The van der Waals surface area contributed by atoms with Crippen LogP contribution in [-0.2, 0) is 14.3 Å². The molecule has 0 N–H and O–H groups in total. The van der Waals surface area contributed by atoms with Crippen LogP contribution in [0.2, 0.25) is 0 Å². The van der Waals surface area contributed by atoms with Crippen molar-refractivity contribution in [2.45, 2.75) is 70.0 Å².